The molecule has 37 heavy (non-hydrogen) atoms. The van der Waals surface area contributed by atoms with Gasteiger partial charge in [0, 0.05) is 23.4 Å². The largest absolute Gasteiger partial charge is 0.370 e. The number of carbonyl (C=O) groups excluding carboxylic acids is 1. The van der Waals surface area contributed by atoms with E-state index >= 15 is 0 Å². The van der Waals surface area contributed by atoms with Crippen molar-refractivity contribution < 1.29 is 9.53 Å². The van der Waals surface area contributed by atoms with Gasteiger partial charge in [-0.3, -0.25) is 9.20 Å². The van der Waals surface area contributed by atoms with Crippen molar-refractivity contribution in [3.63, 3.8) is 0 Å². The van der Waals surface area contributed by atoms with Crippen LogP contribution in [0.4, 0.5) is 17.2 Å². The molecule has 0 saturated heterocycles. The number of ether oxygens (including phenoxy) is 1. The normalized spacial score (nSPS) is 14.1. The minimum atomic E-state index is -0.399. The molecular formula is C28H28N6O2S. The van der Waals surface area contributed by atoms with Gasteiger partial charge in [0.1, 0.15) is 11.9 Å². The number of nitrogens with one attached hydrogen (secondary N) is 2. The molecule has 0 fully saturated rings. The quantitative estimate of drug-likeness (QED) is 0.327. The molecule has 0 unspecified atom stereocenters. The summed E-state index contributed by atoms with van der Waals surface area (Å²) < 4.78 is 7.91. The summed E-state index contributed by atoms with van der Waals surface area (Å²) in [6, 6.07) is 18.1. The first kappa shape index (κ1) is 24.8. The molecular weight excluding hydrogens is 484 g/mol. The number of thioether (sulfide) groups is 1. The fraction of sp³-hybridized carbons (Fsp3) is 0.286. The fourth-order valence-electron chi connectivity index (χ4n) is 4.45. The second-order valence-corrected chi connectivity index (χ2v) is 10.8. The van der Waals surface area contributed by atoms with Crippen molar-refractivity contribution in [2.45, 2.75) is 51.5 Å². The van der Waals surface area contributed by atoms with Crippen LogP contribution in [0.1, 0.15) is 41.7 Å². The van der Waals surface area contributed by atoms with E-state index in [1.807, 2.05) is 80.6 Å². The van der Waals surface area contributed by atoms with E-state index in [2.05, 4.69) is 26.9 Å². The summed E-state index contributed by atoms with van der Waals surface area (Å²) in [7, 11) is 0. The number of nitriles is 1. The van der Waals surface area contributed by atoms with Crippen LogP contribution in [0.3, 0.4) is 0 Å². The molecule has 9 heteroatoms. The number of carbonyl (C=O) groups is 1. The smallest absolute Gasteiger partial charge is 0.234 e. The van der Waals surface area contributed by atoms with Gasteiger partial charge < -0.3 is 15.4 Å². The van der Waals surface area contributed by atoms with Crippen LogP contribution in [0.25, 0.3) is 5.65 Å². The maximum absolute atomic E-state index is 12.7. The van der Waals surface area contributed by atoms with Gasteiger partial charge in [-0.25, -0.2) is 0 Å². The second-order valence-electron chi connectivity index (χ2n) is 9.86. The SMILES string of the molecule is Cc1ccc(Nc2c(C#N)c3c(c4nnc(SCC(=O)Nc5cccc(C)c5)n24)COC(C)(C)C3)cc1. The molecule has 8 nitrogen and oxygen atoms in total. The number of hydrogen-bond acceptors (Lipinski definition) is 7. The molecule has 2 aromatic carbocycles. The Kier molecular flexibility index (Phi) is 6.63. The fourth-order valence-corrected chi connectivity index (χ4v) is 5.19. The highest BCUT2D eigenvalue weighted by atomic mass is 32.2. The number of hydrogen-bond donors (Lipinski definition) is 2. The van der Waals surface area contributed by atoms with Crippen LogP contribution in [0, 0.1) is 25.2 Å². The van der Waals surface area contributed by atoms with Crippen molar-refractivity contribution in [1.82, 2.24) is 14.6 Å². The Balaban J connectivity index is 1.54. The van der Waals surface area contributed by atoms with E-state index in [1.165, 1.54) is 11.8 Å². The van der Waals surface area contributed by atoms with Gasteiger partial charge in [-0.1, -0.05) is 41.6 Å². The van der Waals surface area contributed by atoms with E-state index in [9.17, 15) is 10.1 Å². The lowest BCUT2D eigenvalue weighted by Crippen LogP contribution is -2.33. The summed E-state index contributed by atoms with van der Waals surface area (Å²) in [6.45, 7) is 8.38. The topological polar surface area (TPSA) is 104 Å². The molecule has 1 aliphatic heterocycles. The molecule has 0 aliphatic carbocycles. The number of pyridine rings is 1. The van der Waals surface area contributed by atoms with Gasteiger partial charge in [-0.2, -0.15) is 5.26 Å². The third kappa shape index (κ3) is 5.17. The number of anilines is 3. The van der Waals surface area contributed by atoms with Gasteiger partial charge in [-0.05, 0) is 63.1 Å². The number of amides is 1. The number of aromatic nitrogens is 3. The highest BCUT2D eigenvalue weighted by Crippen LogP contribution is 2.38. The van der Waals surface area contributed by atoms with Crippen LogP contribution in [-0.4, -0.2) is 31.9 Å². The predicted octanol–water partition coefficient (Wildman–Crippen LogP) is 5.54. The van der Waals surface area contributed by atoms with Crippen LogP contribution in [0.5, 0.6) is 0 Å². The van der Waals surface area contributed by atoms with E-state index in [1.54, 1.807) is 0 Å². The van der Waals surface area contributed by atoms with Gasteiger partial charge in [0.25, 0.3) is 0 Å². The van der Waals surface area contributed by atoms with E-state index in [0.717, 1.165) is 33.6 Å². The van der Waals surface area contributed by atoms with Gasteiger partial charge in [-0.15, -0.1) is 10.2 Å². The summed E-state index contributed by atoms with van der Waals surface area (Å²) in [5, 5.41) is 26.1. The van der Waals surface area contributed by atoms with Crippen molar-refractivity contribution in [2.24, 2.45) is 0 Å². The average Bonchev–Trinajstić information content (AvgIpc) is 3.27. The summed E-state index contributed by atoms with van der Waals surface area (Å²) in [6.07, 6.45) is 0.582. The second kappa shape index (κ2) is 9.88. The third-order valence-electron chi connectivity index (χ3n) is 6.30. The molecule has 0 atom stereocenters. The maximum atomic E-state index is 12.7. The first-order chi connectivity index (χ1) is 17.7. The van der Waals surface area contributed by atoms with Crippen molar-refractivity contribution in [1.29, 1.82) is 5.26 Å². The first-order valence-corrected chi connectivity index (χ1v) is 13.0. The Labute approximate surface area is 220 Å². The zero-order chi connectivity index (χ0) is 26.2. The van der Waals surface area contributed by atoms with E-state index in [-0.39, 0.29) is 11.7 Å². The Bertz CT molecular complexity index is 1540. The van der Waals surface area contributed by atoms with E-state index in [4.69, 9.17) is 4.74 Å². The number of fused-ring (bicyclic) bond motifs is 3. The third-order valence-corrected chi connectivity index (χ3v) is 7.23. The van der Waals surface area contributed by atoms with Gasteiger partial charge in [0.2, 0.25) is 5.91 Å². The van der Waals surface area contributed by atoms with Crippen molar-refractivity contribution in [3.8, 4) is 6.07 Å². The van der Waals surface area contributed by atoms with Crippen LogP contribution >= 0.6 is 11.8 Å². The number of aryl methyl sites for hydroxylation is 2. The zero-order valence-corrected chi connectivity index (χ0v) is 22.1. The molecule has 2 N–H and O–H groups in total. The molecule has 1 amide bonds. The minimum absolute atomic E-state index is 0.140. The average molecular weight is 513 g/mol. The lowest BCUT2D eigenvalue weighted by molar-refractivity contribution is -0.113. The molecule has 0 radical (unpaired) electrons. The van der Waals surface area contributed by atoms with Crippen molar-refractivity contribution in [3.05, 3.63) is 76.3 Å². The lowest BCUT2D eigenvalue weighted by atomic mass is 9.89. The Morgan fingerprint density at radius 3 is 2.62 bits per heavy atom. The molecule has 0 spiro atoms. The Morgan fingerprint density at radius 2 is 1.89 bits per heavy atom. The number of nitrogens with zero attached hydrogens (tertiary/aromatic N) is 4. The van der Waals surface area contributed by atoms with Crippen molar-refractivity contribution in [2.75, 3.05) is 16.4 Å². The summed E-state index contributed by atoms with van der Waals surface area (Å²) in [5.41, 5.74) is 6.34. The van der Waals surface area contributed by atoms with Gasteiger partial charge in [0.05, 0.1) is 23.5 Å². The molecule has 2 aromatic heterocycles. The summed E-state index contributed by atoms with van der Waals surface area (Å²) in [5.74, 6) is 0.578. The zero-order valence-electron chi connectivity index (χ0n) is 21.3. The monoisotopic (exact) mass is 512 g/mol. The van der Waals surface area contributed by atoms with Crippen LogP contribution < -0.4 is 10.6 Å². The highest BCUT2D eigenvalue weighted by molar-refractivity contribution is 7.99. The van der Waals surface area contributed by atoms with E-state index in [0.29, 0.717) is 35.2 Å². The van der Waals surface area contributed by atoms with E-state index < -0.39 is 5.60 Å². The lowest BCUT2D eigenvalue weighted by Gasteiger charge is -2.33. The first-order valence-electron chi connectivity index (χ1n) is 12.0. The molecule has 4 aromatic rings. The Morgan fingerprint density at radius 1 is 1.11 bits per heavy atom. The van der Waals surface area contributed by atoms with Crippen LogP contribution in [0.15, 0.2) is 53.7 Å². The summed E-state index contributed by atoms with van der Waals surface area (Å²) in [4.78, 5) is 12.7. The maximum Gasteiger partial charge on any atom is 0.234 e. The van der Waals surface area contributed by atoms with Crippen LogP contribution in [0.2, 0.25) is 0 Å². The molecule has 188 valence electrons. The van der Waals surface area contributed by atoms with Gasteiger partial charge in [0.15, 0.2) is 10.8 Å². The van der Waals surface area contributed by atoms with Gasteiger partial charge >= 0.3 is 0 Å². The number of benzene rings is 2. The van der Waals surface area contributed by atoms with Crippen molar-refractivity contribution >= 4 is 40.5 Å². The summed E-state index contributed by atoms with van der Waals surface area (Å²) >= 11 is 1.27. The number of rotatable bonds is 6. The minimum Gasteiger partial charge on any atom is -0.370 e. The molecule has 5 rings (SSSR count). The highest BCUT2D eigenvalue weighted by Gasteiger charge is 2.33. The molecule has 0 saturated carbocycles. The standard InChI is InChI=1S/C28H28N6O2S/c1-17-8-10-19(11-9-17)31-25-22(14-29)21-13-28(3,4)36-15-23(21)26-32-33-27(34(25)26)37-16-24(35)30-20-7-5-6-18(2)12-20/h5-12,31H,13,15-16H2,1-4H3,(H,30,35). The molecule has 0 bridgehead atoms. The molecule has 3 heterocycles. The van der Waals surface area contributed by atoms with Crippen LogP contribution in [-0.2, 0) is 22.6 Å². The predicted molar refractivity (Wildman–Crippen MR) is 145 cm³/mol. The molecule has 1 aliphatic rings. The Hall–Kier alpha value is -3.87.